The van der Waals surface area contributed by atoms with Gasteiger partial charge in [0, 0.05) is 11.4 Å². The Hall–Kier alpha value is -6.16. The number of carbonyl (C=O) groups excluding carboxylic acids is 6. The highest BCUT2D eigenvalue weighted by molar-refractivity contribution is 5.94. The molecule has 2 amide bonds. The molecule has 4 N–H and O–H groups in total. The molecule has 0 aromatic heterocycles. The minimum absolute atomic E-state index is 0. The quantitative estimate of drug-likeness (QED) is 0.184. The van der Waals surface area contributed by atoms with Gasteiger partial charge in [-0.2, -0.15) is 20.0 Å². The Morgan fingerprint density at radius 1 is 0.652 bits per heavy atom. The van der Waals surface area contributed by atoms with Crippen LogP contribution in [0.2, 0.25) is 0 Å². The number of nitrogens with one attached hydrogen (secondary N) is 2. The number of hydrogen-bond acceptors (Lipinski definition) is 13. The fourth-order valence-electron chi connectivity index (χ4n) is 3.09. The second kappa shape index (κ2) is 22.4. The molecule has 3 aromatic carbocycles. The monoisotopic (exact) mass is 632 g/mol. The minimum atomic E-state index is -0.852. The van der Waals surface area contributed by atoms with Crippen LogP contribution in [0, 0.1) is 20.8 Å². The van der Waals surface area contributed by atoms with Crippen LogP contribution in [0.5, 0.6) is 0 Å². The highest BCUT2D eigenvalue weighted by Gasteiger charge is 2.10. The van der Waals surface area contributed by atoms with Crippen LogP contribution in [0.25, 0.3) is 0 Å². The molecule has 0 saturated carbocycles. The first-order chi connectivity index (χ1) is 21.6. The maximum absolute atomic E-state index is 11.9. The zero-order valence-electron chi connectivity index (χ0n) is 24.4. The lowest BCUT2D eigenvalue weighted by atomic mass is 10.2. The van der Waals surface area contributed by atoms with Crippen LogP contribution in [-0.2, 0) is 28.7 Å². The van der Waals surface area contributed by atoms with Crippen molar-refractivity contribution in [3.63, 3.8) is 0 Å². The molecule has 0 aliphatic rings. The van der Waals surface area contributed by atoms with Crippen molar-refractivity contribution in [3.8, 4) is 0 Å². The van der Waals surface area contributed by atoms with Crippen LogP contribution in [0.1, 0.15) is 24.1 Å². The first kappa shape index (κ1) is 39.8. The lowest BCUT2D eigenvalue weighted by Crippen LogP contribution is -2.23. The van der Waals surface area contributed by atoms with E-state index in [4.69, 9.17) is 14.9 Å². The van der Waals surface area contributed by atoms with Crippen LogP contribution < -0.4 is 10.6 Å². The van der Waals surface area contributed by atoms with Crippen LogP contribution in [0.4, 0.5) is 38.9 Å². The summed E-state index contributed by atoms with van der Waals surface area (Å²) in [4.78, 5) is 78.4. The molecule has 3 aromatic rings. The highest BCUT2D eigenvalue weighted by atomic mass is 16.6. The van der Waals surface area contributed by atoms with Gasteiger partial charge >= 0.3 is 6.09 Å². The van der Waals surface area contributed by atoms with Crippen molar-refractivity contribution >= 4 is 70.4 Å². The van der Waals surface area contributed by atoms with Gasteiger partial charge < -0.3 is 20.3 Å². The summed E-state index contributed by atoms with van der Waals surface area (Å²) in [6.45, 7) is 4.52. The van der Waals surface area contributed by atoms with Gasteiger partial charge in [-0.05, 0) is 73.9 Å². The third-order valence-corrected chi connectivity index (χ3v) is 5.25. The number of aliphatic hydroxyl groups is 2. The Labute approximate surface area is 264 Å². The molecule has 0 saturated heterocycles. The number of carbonyl (C=O) groups is 2. The lowest BCUT2D eigenvalue weighted by molar-refractivity contribution is -0.118. The van der Waals surface area contributed by atoms with E-state index in [2.05, 4.69) is 30.6 Å². The predicted molar refractivity (Wildman–Crippen MR) is 169 cm³/mol. The van der Waals surface area contributed by atoms with Gasteiger partial charge in [0.25, 0.3) is 5.91 Å². The van der Waals surface area contributed by atoms with E-state index in [1.807, 2.05) is 0 Å². The zero-order chi connectivity index (χ0) is 33.6. The van der Waals surface area contributed by atoms with Crippen LogP contribution in [0.15, 0.2) is 74.6 Å². The first-order valence-corrected chi connectivity index (χ1v) is 12.7. The van der Waals surface area contributed by atoms with E-state index in [9.17, 15) is 28.8 Å². The third-order valence-electron chi connectivity index (χ3n) is 5.25. The number of aryl methyl sites for hydroxylation is 3. The van der Waals surface area contributed by atoms with Crippen molar-refractivity contribution in [1.29, 1.82) is 0 Å². The standard InChI is InChI=1S/C19H16N4O5.C9H6N2O2.C2H6O2.CH4/c1-12-3-5-14(7-16(12)20-10-24)22-18(26)9-28-19(27)23-15-6-4-13(2)17(8-15)21-11-25;1-7-2-3-8(10-5-12)4-9(7)11-6-13;3-1-2-4;/h3-8H,9H2,1-2H3,(H,22,26)(H,23,27);2-4H,1H3;3-4H,1-2H2;1H4. The number of rotatable bonds is 9. The normalized spacial score (nSPS) is 8.80. The number of anilines is 2. The molecule has 3 rings (SSSR count). The van der Waals surface area contributed by atoms with E-state index in [1.54, 1.807) is 57.2 Å². The molecular formula is C31H32N6O9. The number of ether oxygens (including phenoxy) is 1. The molecule has 0 aliphatic heterocycles. The van der Waals surface area contributed by atoms with Gasteiger partial charge in [-0.15, -0.1) is 0 Å². The van der Waals surface area contributed by atoms with Crippen molar-refractivity contribution < 1.29 is 43.7 Å². The van der Waals surface area contributed by atoms with Gasteiger partial charge in [-0.25, -0.2) is 24.0 Å². The second-order valence-corrected chi connectivity index (χ2v) is 8.48. The Kier molecular flexibility index (Phi) is 19.4. The summed E-state index contributed by atoms with van der Waals surface area (Å²) in [5.41, 5.74) is 4.67. The van der Waals surface area contributed by atoms with Gasteiger partial charge in [-0.3, -0.25) is 10.1 Å². The van der Waals surface area contributed by atoms with Gasteiger partial charge in [0.05, 0.1) is 36.0 Å². The molecule has 0 aliphatic carbocycles. The molecule has 0 heterocycles. The number of aliphatic imine (C=N–C) groups is 4. The van der Waals surface area contributed by atoms with E-state index in [1.165, 1.54) is 42.5 Å². The fourth-order valence-corrected chi connectivity index (χ4v) is 3.09. The molecule has 46 heavy (non-hydrogen) atoms. The maximum Gasteiger partial charge on any atom is 0.412 e. The van der Waals surface area contributed by atoms with Gasteiger partial charge in [0.2, 0.25) is 24.3 Å². The Morgan fingerprint density at radius 3 is 1.50 bits per heavy atom. The number of benzene rings is 3. The molecule has 0 unspecified atom stereocenters. The molecule has 0 spiro atoms. The molecule has 240 valence electrons. The number of aliphatic hydroxyl groups excluding tert-OH is 2. The van der Waals surface area contributed by atoms with Crippen LogP contribution >= 0.6 is 0 Å². The van der Waals surface area contributed by atoms with Crippen molar-refractivity contribution in [2.24, 2.45) is 20.0 Å². The van der Waals surface area contributed by atoms with E-state index < -0.39 is 18.6 Å². The van der Waals surface area contributed by atoms with E-state index in [0.29, 0.717) is 34.1 Å². The average molecular weight is 633 g/mol. The summed E-state index contributed by atoms with van der Waals surface area (Å²) in [6, 6.07) is 14.4. The summed E-state index contributed by atoms with van der Waals surface area (Å²) in [6.07, 6.45) is 4.86. The van der Waals surface area contributed by atoms with Gasteiger partial charge in [0.1, 0.15) is 0 Å². The van der Waals surface area contributed by atoms with Crippen molar-refractivity contribution in [2.75, 3.05) is 30.5 Å². The SMILES string of the molecule is C.Cc1ccc(N=C=O)cc1N=C=O.Cc1ccc(NC(=O)COC(=O)Nc2ccc(C)c(N=C=O)c2)cc1N=C=O.OCCO. The molecular weight excluding hydrogens is 600 g/mol. The number of nitrogens with zero attached hydrogens (tertiary/aromatic N) is 4. The highest BCUT2D eigenvalue weighted by Crippen LogP contribution is 2.25. The molecule has 15 heteroatoms. The lowest BCUT2D eigenvalue weighted by Gasteiger charge is -2.09. The van der Waals surface area contributed by atoms with Crippen molar-refractivity contribution in [1.82, 2.24) is 0 Å². The average Bonchev–Trinajstić information content (AvgIpc) is 3.02. The van der Waals surface area contributed by atoms with Crippen molar-refractivity contribution in [3.05, 3.63) is 71.3 Å². The Morgan fingerprint density at radius 2 is 1.07 bits per heavy atom. The molecule has 0 fully saturated rings. The van der Waals surface area contributed by atoms with Crippen LogP contribution in [-0.4, -0.2) is 66.4 Å². The zero-order valence-corrected chi connectivity index (χ0v) is 24.4. The van der Waals surface area contributed by atoms with Gasteiger partial charge in [-0.1, -0.05) is 25.6 Å². The third kappa shape index (κ3) is 14.8. The largest absolute Gasteiger partial charge is 0.439 e. The Bertz CT molecular complexity index is 1600. The number of isocyanates is 4. The molecule has 0 atom stereocenters. The summed E-state index contributed by atoms with van der Waals surface area (Å²) in [5, 5.41) is 20.2. The summed E-state index contributed by atoms with van der Waals surface area (Å²) >= 11 is 0. The predicted octanol–water partition coefficient (Wildman–Crippen LogP) is 4.96. The Balaban J connectivity index is 0.000000934. The molecule has 0 bridgehead atoms. The summed E-state index contributed by atoms with van der Waals surface area (Å²) < 4.78 is 4.86. The fraction of sp³-hybridized carbons (Fsp3) is 0.226. The number of hydrogen-bond donors (Lipinski definition) is 4. The molecule has 15 nitrogen and oxygen atoms in total. The van der Waals surface area contributed by atoms with E-state index in [-0.39, 0.29) is 20.6 Å². The number of amides is 2. The summed E-state index contributed by atoms with van der Waals surface area (Å²) in [7, 11) is 0. The minimum Gasteiger partial charge on any atom is -0.439 e. The van der Waals surface area contributed by atoms with Crippen molar-refractivity contribution in [2.45, 2.75) is 28.2 Å². The smallest absolute Gasteiger partial charge is 0.412 e. The summed E-state index contributed by atoms with van der Waals surface area (Å²) in [5.74, 6) is -0.574. The first-order valence-electron chi connectivity index (χ1n) is 12.7. The van der Waals surface area contributed by atoms with E-state index in [0.717, 1.165) is 16.7 Å². The van der Waals surface area contributed by atoms with E-state index >= 15 is 0 Å². The second-order valence-electron chi connectivity index (χ2n) is 8.48. The van der Waals surface area contributed by atoms with Gasteiger partial charge in [0.15, 0.2) is 6.61 Å². The van der Waals surface area contributed by atoms with Crippen LogP contribution in [0.3, 0.4) is 0 Å². The molecule has 0 radical (unpaired) electrons. The maximum atomic E-state index is 11.9. The topological polar surface area (TPSA) is 226 Å².